The molecule has 3 heterocycles. The molecule has 1 fully saturated rings. The maximum Gasteiger partial charge on any atom is 0.120 e. The maximum absolute atomic E-state index is 5.94. The molecule has 5 rings (SSSR count). The second-order valence-electron chi connectivity index (χ2n) is 7.73. The van der Waals surface area contributed by atoms with E-state index >= 15 is 0 Å². The Kier molecular flexibility index (Phi) is 5.93. The molecular weight excluding hydrogens is 447 g/mol. The van der Waals surface area contributed by atoms with Gasteiger partial charge in [-0.25, -0.2) is 0 Å². The summed E-state index contributed by atoms with van der Waals surface area (Å²) in [7, 11) is 0. The highest BCUT2D eigenvalue weighted by molar-refractivity contribution is 14.1. The van der Waals surface area contributed by atoms with Gasteiger partial charge < -0.3 is 9.72 Å². The van der Waals surface area contributed by atoms with Crippen molar-refractivity contribution in [2.24, 2.45) is 5.92 Å². The molecule has 2 unspecified atom stereocenters. The summed E-state index contributed by atoms with van der Waals surface area (Å²) in [4.78, 5) is 6.20. The van der Waals surface area contributed by atoms with E-state index in [0.717, 1.165) is 38.2 Å². The van der Waals surface area contributed by atoms with E-state index in [1.54, 1.807) is 5.57 Å². The van der Waals surface area contributed by atoms with Crippen LogP contribution in [0.25, 0.3) is 10.9 Å². The Bertz CT molecular complexity index is 867. The van der Waals surface area contributed by atoms with Crippen molar-refractivity contribution in [2.45, 2.75) is 45.6 Å². The van der Waals surface area contributed by atoms with Crippen LogP contribution in [-0.2, 0) is 6.42 Å². The monoisotopic (exact) mass is 476 g/mol. The van der Waals surface area contributed by atoms with Gasteiger partial charge in [-0.15, -0.1) is 0 Å². The number of nitrogens with one attached hydrogen (secondary N) is 1. The molecule has 1 saturated heterocycles. The molecule has 0 amide bonds. The van der Waals surface area contributed by atoms with Crippen molar-refractivity contribution in [3.8, 4) is 5.75 Å². The summed E-state index contributed by atoms with van der Waals surface area (Å²) in [6.07, 6.45) is 11.7. The van der Waals surface area contributed by atoms with Crippen LogP contribution in [0.15, 0.2) is 42.0 Å². The topological polar surface area (TPSA) is 28.3 Å². The Morgan fingerprint density at radius 2 is 2.22 bits per heavy atom. The lowest BCUT2D eigenvalue weighted by atomic mass is 9.81. The molecule has 1 aromatic carbocycles. The predicted molar refractivity (Wildman–Crippen MR) is 121 cm³/mol. The van der Waals surface area contributed by atoms with Gasteiger partial charge in [-0.1, -0.05) is 37.1 Å². The van der Waals surface area contributed by atoms with Crippen molar-refractivity contribution in [3.05, 3.63) is 51.3 Å². The smallest absolute Gasteiger partial charge is 0.120 e. The summed E-state index contributed by atoms with van der Waals surface area (Å²) >= 11 is 2.45. The Hall–Kier alpha value is -1.27. The van der Waals surface area contributed by atoms with Crippen LogP contribution in [0.4, 0.5) is 0 Å². The van der Waals surface area contributed by atoms with E-state index in [4.69, 9.17) is 4.74 Å². The molecule has 3 nitrogen and oxygen atoms in total. The van der Waals surface area contributed by atoms with Gasteiger partial charge in [0.05, 0.1) is 10.3 Å². The van der Waals surface area contributed by atoms with Gasteiger partial charge in [0.2, 0.25) is 0 Å². The number of rotatable bonds is 7. The Morgan fingerprint density at radius 1 is 1.33 bits per heavy atom. The van der Waals surface area contributed by atoms with E-state index in [-0.39, 0.29) is 0 Å². The molecular formula is C23H29IN2O. The number of aromatic amines is 1. The lowest BCUT2D eigenvalue weighted by Crippen LogP contribution is -2.47. The molecule has 1 aliphatic carbocycles. The number of H-pyrrole nitrogens is 1. The lowest BCUT2D eigenvalue weighted by Gasteiger charge is -2.43. The van der Waals surface area contributed by atoms with Crippen LogP contribution < -0.4 is 4.74 Å². The molecule has 0 radical (unpaired) electrons. The molecule has 0 spiro atoms. The predicted octanol–water partition coefficient (Wildman–Crippen LogP) is 5.70. The molecule has 2 aromatic rings. The van der Waals surface area contributed by atoms with Crippen LogP contribution in [0, 0.1) is 9.62 Å². The van der Waals surface area contributed by atoms with E-state index in [0.29, 0.717) is 12.0 Å². The van der Waals surface area contributed by atoms with Crippen molar-refractivity contribution in [1.82, 2.24) is 9.88 Å². The highest BCUT2D eigenvalue weighted by Crippen LogP contribution is 2.34. The number of benzene rings is 1. The minimum Gasteiger partial charge on any atom is -0.494 e. The number of hydrogen-bond donors (Lipinski definition) is 1. The second kappa shape index (κ2) is 8.39. The molecule has 0 saturated carbocycles. The minimum atomic E-state index is 0.510. The molecule has 2 atom stereocenters. The van der Waals surface area contributed by atoms with Gasteiger partial charge in [0.1, 0.15) is 5.75 Å². The average Bonchev–Trinajstić information content (AvgIpc) is 3.01. The fraction of sp³-hybridized carbons (Fsp3) is 0.478. The standard InChI is InChI=1S/C23H29IN2O/c1-3-5-12-27-18-7-8-21-20(14-18)19(23(24)25-21)10-11-26-15-16-6-9-22(26)17(4-2)13-16/h4,6-9,14,16,22,25H,3,5,10-13,15H2,1-2H3/b17-4+. The number of ether oxygens (including phenoxy) is 1. The first-order valence-electron chi connectivity index (χ1n) is 10.2. The normalized spacial score (nSPS) is 23.6. The highest BCUT2D eigenvalue weighted by Gasteiger charge is 2.32. The van der Waals surface area contributed by atoms with Crippen LogP contribution in [0.5, 0.6) is 5.75 Å². The minimum absolute atomic E-state index is 0.510. The molecule has 3 aliphatic rings. The average molecular weight is 476 g/mol. The van der Waals surface area contributed by atoms with Gasteiger partial charge in [-0.3, -0.25) is 4.90 Å². The van der Waals surface area contributed by atoms with Crippen LogP contribution in [0.2, 0.25) is 0 Å². The summed E-state index contributed by atoms with van der Waals surface area (Å²) < 4.78 is 7.20. The quantitative estimate of drug-likeness (QED) is 0.316. The maximum atomic E-state index is 5.94. The largest absolute Gasteiger partial charge is 0.494 e. The first-order chi connectivity index (χ1) is 13.2. The fourth-order valence-electron chi connectivity index (χ4n) is 4.41. The molecule has 144 valence electrons. The number of nitrogens with zero attached hydrogens (tertiary/aromatic N) is 1. The van der Waals surface area contributed by atoms with Crippen molar-refractivity contribution < 1.29 is 4.74 Å². The van der Waals surface area contributed by atoms with Crippen LogP contribution >= 0.6 is 22.6 Å². The summed E-state index contributed by atoms with van der Waals surface area (Å²) in [5, 5.41) is 1.32. The van der Waals surface area contributed by atoms with Gasteiger partial charge in [0, 0.05) is 30.0 Å². The summed E-state index contributed by atoms with van der Waals surface area (Å²) in [6.45, 7) is 7.48. The third-order valence-corrected chi connectivity index (χ3v) is 6.84. The first-order valence-corrected chi connectivity index (χ1v) is 11.3. The number of unbranched alkanes of at least 4 members (excludes halogenated alkanes) is 1. The van der Waals surface area contributed by atoms with E-state index in [1.807, 2.05) is 0 Å². The van der Waals surface area contributed by atoms with Crippen LogP contribution in [0.3, 0.4) is 0 Å². The van der Waals surface area contributed by atoms with Gasteiger partial charge in [0.15, 0.2) is 0 Å². The second-order valence-corrected chi connectivity index (χ2v) is 8.81. The Morgan fingerprint density at radius 3 is 3.00 bits per heavy atom. The van der Waals surface area contributed by atoms with E-state index in [2.05, 4.69) is 82.7 Å². The van der Waals surface area contributed by atoms with Gasteiger partial charge in [-0.05, 0) is 78.5 Å². The molecule has 2 bridgehead atoms. The Balaban J connectivity index is 1.50. The fourth-order valence-corrected chi connectivity index (χ4v) is 5.26. The van der Waals surface area contributed by atoms with E-state index in [1.165, 1.54) is 33.1 Å². The van der Waals surface area contributed by atoms with E-state index in [9.17, 15) is 0 Å². The summed E-state index contributed by atoms with van der Waals surface area (Å²) in [5.74, 6) is 1.69. The number of aromatic nitrogens is 1. The van der Waals surface area contributed by atoms with Crippen molar-refractivity contribution >= 4 is 33.5 Å². The van der Waals surface area contributed by atoms with Gasteiger partial charge in [0.25, 0.3) is 0 Å². The molecule has 2 aliphatic heterocycles. The number of fused-ring (bicyclic) bond motifs is 3. The van der Waals surface area contributed by atoms with Crippen molar-refractivity contribution in [2.75, 3.05) is 19.7 Å². The summed E-state index contributed by atoms with van der Waals surface area (Å²) in [5.41, 5.74) is 4.24. The third kappa shape index (κ3) is 3.97. The molecule has 27 heavy (non-hydrogen) atoms. The lowest BCUT2D eigenvalue weighted by molar-refractivity contribution is 0.181. The summed E-state index contributed by atoms with van der Waals surface area (Å²) in [6, 6.07) is 6.97. The number of halogens is 1. The zero-order valence-electron chi connectivity index (χ0n) is 16.3. The van der Waals surface area contributed by atoms with E-state index < -0.39 is 0 Å². The molecule has 1 aromatic heterocycles. The zero-order valence-corrected chi connectivity index (χ0v) is 18.5. The van der Waals surface area contributed by atoms with Crippen molar-refractivity contribution in [1.29, 1.82) is 0 Å². The molecule has 1 N–H and O–H groups in total. The zero-order chi connectivity index (χ0) is 18.8. The first kappa shape index (κ1) is 19.1. The highest BCUT2D eigenvalue weighted by atomic mass is 127. The SMILES string of the molecule is C/C=C1\CC2C=CC1N(CCc1c(I)[nH]c3ccc(OCCCC)cc13)C2. The Labute approximate surface area is 176 Å². The number of piperidine rings is 1. The van der Waals surface area contributed by atoms with Gasteiger partial charge in [-0.2, -0.15) is 0 Å². The van der Waals surface area contributed by atoms with Crippen molar-refractivity contribution in [3.63, 3.8) is 0 Å². The van der Waals surface area contributed by atoms with Crippen LogP contribution in [-0.4, -0.2) is 35.6 Å². The number of hydrogen-bond acceptors (Lipinski definition) is 2. The van der Waals surface area contributed by atoms with Gasteiger partial charge >= 0.3 is 0 Å². The van der Waals surface area contributed by atoms with Crippen LogP contribution in [0.1, 0.15) is 38.7 Å². The third-order valence-electron chi connectivity index (χ3n) is 5.92. The molecule has 4 heteroatoms. The number of allylic oxidation sites excluding steroid dienone is 1.